The van der Waals surface area contributed by atoms with Crippen molar-refractivity contribution >= 4 is 23.2 Å². The van der Waals surface area contributed by atoms with Crippen molar-refractivity contribution in [3.63, 3.8) is 0 Å². The Hall–Kier alpha value is -2.60. The van der Waals surface area contributed by atoms with Gasteiger partial charge in [0.2, 0.25) is 6.79 Å². The highest BCUT2D eigenvalue weighted by Gasteiger charge is 2.14. The summed E-state index contributed by atoms with van der Waals surface area (Å²) in [5.41, 5.74) is 3.03. The summed E-state index contributed by atoms with van der Waals surface area (Å²) in [4.78, 5) is 0. The van der Waals surface area contributed by atoms with Gasteiger partial charge in [-0.25, -0.2) is 0 Å². The van der Waals surface area contributed by atoms with Crippen LogP contribution in [0.1, 0.15) is 16.7 Å². The van der Waals surface area contributed by atoms with Crippen LogP contribution in [-0.2, 0) is 19.7 Å². The fraction of sp³-hybridized carbons (Fsp3) is 0.217. The van der Waals surface area contributed by atoms with Crippen LogP contribution in [0.25, 0.3) is 0 Å². The molecule has 0 bridgehead atoms. The molecule has 1 heterocycles. The lowest BCUT2D eigenvalue weighted by atomic mass is 10.1. The third-order valence-corrected chi connectivity index (χ3v) is 5.33. The Bertz CT molecular complexity index is 1020. The van der Waals surface area contributed by atoms with Gasteiger partial charge in [-0.2, -0.15) is 0 Å². The van der Waals surface area contributed by atoms with Gasteiger partial charge in [0.1, 0.15) is 6.61 Å². The van der Waals surface area contributed by atoms with E-state index in [0.717, 1.165) is 28.2 Å². The average Bonchev–Trinajstić information content (AvgIpc) is 3.22. The van der Waals surface area contributed by atoms with Gasteiger partial charge in [-0.3, -0.25) is 0 Å². The van der Waals surface area contributed by atoms with Crippen molar-refractivity contribution in [1.29, 1.82) is 0 Å². The average molecular weight is 446 g/mol. The molecule has 3 aromatic rings. The lowest BCUT2D eigenvalue weighted by molar-refractivity contribution is 0.174. The van der Waals surface area contributed by atoms with Gasteiger partial charge in [0.05, 0.1) is 7.11 Å². The quantitative estimate of drug-likeness (QED) is 0.488. The number of methoxy groups -OCH3 is 1. The zero-order valence-corrected chi connectivity index (χ0v) is 17.9. The summed E-state index contributed by atoms with van der Waals surface area (Å²) in [7, 11) is 1.61. The molecule has 0 unspecified atom stereocenters. The molecule has 4 rings (SSSR count). The second kappa shape index (κ2) is 9.47. The first-order valence-electron chi connectivity index (χ1n) is 9.45. The standard InChI is InChI=1S/C23H21Cl2NO4/c1-27-21-9-17(12-26-11-16-4-7-20-22(8-16)30-14-29-20)19(25)10-23(21)28-13-15-2-5-18(24)6-3-15/h2-10,26H,11-14H2,1H3. The lowest BCUT2D eigenvalue weighted by Crippen LogP contribution is -2.13. The van der Waals surface area contributed by atoms with Crippen LogP contribution >= 0.6 is 23.2 Å². The zero-order valence-electron chi connectivity index (χ0n) is 16.4. The van der Waals surface area contributed by atoms with Crippen LogP contribution in [0.15, 0.2) is 54.6 Å². The molecule has 0 aliphatic carbocycles. The second-order valence-electron chi connectivity index (χ2n) is 6.80. The minimum Gasteiger partial charge on any atom is -0.493 e. The van der Waals surface area contributed by atoms with Crippen LogP contribution in [0, 0.1) is 0 Å². The molecular formula is C23H21Cl2NO4. The minimum atomic E-state index is 0.272. The van der Waals surface area contributed by atoms with Gasteiger partial charge in [0, 0.05) is 29.2 Å². The number of benzene rings is 3. The molecule has 0 aromatic heterocycles. The van der Waals surface area contributed by atoms with Gasteiger partial charge in [0.15, 0.2) is 23.0 Å². The monoisotopic (exact) mass is 445 g/mol. The molecule has 1 aliphatic rings. The van der Waals surface area contributed by atoms with Crippen LogP contribution in [0.5, 0.6) is 23.0 Å². The molecule has 0 saturated heterocycles. The Kier molecular flexibility index (Phi) is 6.53. The molecule has 156 valence electrons. The summed E-state index contributed by atoms with van der Waals surface area (Å²) in [6.45, 7) is 1.92. The van der Waals surface area contributed by atoms with Crippen molar-refractivity contribution in [3.8, 4) is 23.0 Å². The normalized spacial score (nSPS) is 12.1. The Balaban J connectivity index is 1.38. The second-order valence-corrected chi connectivity index (χ2v) is 7.64. The van der Waals surface area contributed by atoms with E-state index < -0.39 is 0 Å². The molecule has 7 heteroatoms. The van der Waals surface area contributed by atoms with E-state index in [-0.39, 0.29) is 6.79 Å². The molecule has 3 aromatic carbocycles. The fourth-order valence-corrected chi connectivity index (χ4v) is 3.47. The first kappa shape index (κ1) is 20.7. The molecule has 0 spiro atoms. The first-order valence-corrected chi connectivity index (χ1v) is 10.2. The molecule has 0 saturated carbocycles. The number of rotatable bonds is 8. The highest BCUT2D eigenvalue weighted by atomic mass is 35.5. The third kappa shape index (κ3) is 4.93. The van der Waals surface area contributed by atoms with Gasteiger partial charge in [0.25, 0.3) is 0 Å². The number of halogens is 2. The van der Waals surface area contributed by atoms with Crippen molar-refractivity contribution in [2.75, 3.05) is 13.9 Å². The molecule has 0 atom stereocenters. The van der Waals surface area contributed by atoms with E-state index in [1.807, 2.05) is 48.5 Å². The molecule has 5 nitrogen and oxygen atoms in total. The van der Waals surface area contributed by atoms with Crippen molar-refractivity contribution in [2.45, 2.75) is 19.7 Å². The topological polar surface area (TPSA) is 49.0 Å². The summed E-state index contributed by atoms with van der Waals surface area (Å²) in [5, 5.41) is 4.70. The fourth-order valence-electron chi connectivity index (χ4n) is 3.12. The Morgan fingerprint density at radius 1 is 0.867 bits per heavy atom. The lowest BCUT2D eigenvalue weighted by Gasteiger charge is -2.14. The number of fused-ring (bicyclic) bond motifs is 1. The summed E-state index contributed by atoms with van der Waals surface area (Å²) in [6.07, 6.45) is 0. The van der Waals surface area contributed by atoms with Crippen molar-refractivity contribution in [3.05, 3.63) is 81.3 Å². The Labute approximate surface area is 185 Å². The summed E-state index contributed by atoms with van der Waals surface area (Å²) >= 11 is 12.4. The van der Waals surface area contributed by atoms with Crippen molar-refractivity contribution < 1.29 is 18.9 Å². The smallest absolute Gasteiger partial charge is 0.231 e. The third-order valence-electron chi connectivity index (χ3n) is 4.72. The van der Waals surface area contributed by atoms with Crippen molar-refractivity contribution in [2.24, 2.45) is 0 Å². The zero-order chi connectivity index (χ0) is 20.9. The van der Waals surface area contributed by atoms with E-state index in [4.69, 9.17) is 42.1 Å². The van der Waals surface area contributed by atoms with Gasteiger partial charge >= 0.3 is 0 Å². The summed E-state index contributed by atoms with van der Waals surface area (Å²) in [5.74, 6) is 2.78. The van der Waals surface area contributed by atoms with E-state index in [1.54, 1.807) is 13.2 Å². The molecule has 30 heavy (non-hydrogen) atoms. The predicted molar refractivity (Wildman–Crippen MR) is 117 cm³/mol. The van der Waals surface area contributed by atoms with Crippen LogP contribution < -0.4 is 24.3 Å². The van der Waals surface area contributed by atoms with Gasteiger partial charge in [-0.1, -0.05) is 41.4 Å². The molecule has 0 amide bonds. The van der Waals surface area contributed by atoms with Crippen LogP contribution in [-0.4, -0.2) is 13.9 Å². The highest BCUT2D eigenvalue weighted by Crippen LogP contribution is 2.35. The molecule has 0 radical (unpaired) electrons. The largest absolute Gasteiger partial charge is 0.493 e. The van der Waals surface area contributed by atoms with Gasteiger partial charge in [-0.05, 0) is 47.0 Å². The SMILES string of the molecule is COc1cc(CNCc2ccc3c(c2)OCO3)c(Cl)cc1OCc1ccc(Cl)cc1. The Morgan fingerprint density at radius 3 is 2.43 bits per heavy atom. The molecule has 0 fully saturated rings. The van der Waals surface area contributed by atoms with Gasteiger partial charge in [-0.15, -0.1) is 0 Å². The molecular weight excluding hydrogens is 425 g/mol. The summed E-state index contributed by atoms with van der Waals surface area (Å²) < 4.78 is 22.2. The van der Waals surface area contributed by atoms with E-state index >= 15 is 0 Å². The number of hydrogen-bond acceptors (Lipinski definition) is 5. The summed E-state index contributed by atoms with van der Waals surface area (Å²) in [6, 6.07) is 17.1. The van der Waals surface area contributed by atoms with E-state index in [9.17, 15) is 0 Å². The first-order chi connectivity index (χ1) is 14.6. The maximum atomic E-state index is 6.49. The van der Waals surface area contributed by atoms with Crippen LogP contribution in [0.3, 0.4) is 0 Å². The van der Waals surface area contributed by atoms with E-state index in [1.165, 1.54) is 0 Å². The minimum absolute atomic E-state index is 0.272. The maximum Gasteiger partial charge on any atom is 0.231 e. The van der Waals surface area contributed by atoms with Crippen LogP contribution in [0.4, 0.5) is 0 Å². The van der Waals surface area contributed by atoms with E-state index in [2.05, 4.69) is 5.32 Å². The number of ether oxygens (including phenoxy) is 4. The van der Waals surface area contributed by atoms with Gasteiger partial charge < -0.3 is 24.3 Å². The highest BCUT2D eigenvalue weighted by molar-refractivity contribution is 6.31. The molecule has 1 aliphatic heterocycles. The maximum absolute atomic E-state index is 6.49. The predicted octanol–water partition coefficient (Wildman–Crippen LogP) is 5.60. The molecule has 1 N–H and O–H groups in total. The van der Waals surface area contributed by atoms with Crippen LogP contribution in [0.2, 0.25) is 10.0 Å². The van der Waals surface area contributed by atoms with E-state index in [0.29, 0.717) is 41.2 Å². The Morgan fingerprint density at radius 2 is 1.63 bits per heavy atom. The number of nitrogens with one attached hydrogen (secondary N) is 1. The number of hydrogen-bond donors (Lipinski definition) is 1. The van der Waals surface area contributed by atoms with Crippen molar-refractivity contribution in [1.82, 2.24) is 5.32 Å².